The van der Waals surface area contributed by atoms with Crippen molar-refractivity contribution in [2.24, 2.45) is 0 Å². The molecular weight excluding hydrogens is 379 g/mol. The molecule has 0 aromatic heterocycles. The van der Waals surface area contributed by atoms with Gasteiger partial charge in [0, 0.05) is 22.9 Å². The zero-order valence-electron chi connectivity index (χ0n) is 13.7. The van der Waals surface area contributed by atoms with Crippen LogP contribution in [0.25, 0.3) is 0 Å². The van der Waals surface area contributed by atoms with Gasteiger partial charge in [-0.1, -0.05) is 47.5 Å². The number of Topliss-reactive ketones (excluding diaryl/α,β-unsaturated/α-hetero) is 2. The lowest BCUT2D eigenvalue weighted by Crippen LogP contribution is -2.43. The Morgan fingerprint density at radius 2 is 1.15 bits per heavy atom. The molecule has 2 rings (SSSR count). The minimum Gasteiger partial charge on any atom is -0.390 e. The van der Waals surface area contributed by atoms with E-state index in [9.17, 15) is 24.9 Å². The van der Waals surface area contributed by atoms with E-state index >= 15 is 0 Å². The maximum absolute atomic E-state index is 12.1. The van der Waals surface area contributed by atoms with E-state index in [4.69, 9.17) is 23.2 Å². The van der Waals surface area contributed by atoms with Gasteiger partial charge in [0.25, 0.3) is 0 Å². The number of ketones is 2. The summed E-state index contributed by atoms with van der Waals surface area (Å²) in [5.41, 5.74) is 1.25. The first-order chi connectivity index (χ1) is 12.3. The predicted molar refractivity (Wildman–Crippen MR) is 98.3 cm³/mol. The molecular formula is C19H18Cl2O5. The van der Waals surface area contributed by atoms with Crippen LogP contribution in [0.5, 0.6) is 0 Å². The Labute approximate surface area is 160 Å². The fraction of sp³-hybridized carbons (Fsp3) is 0.263. The predicted octanol–water partition coefficient (Wildman–Crippen LogP) is 2.00. The van der Waals surface area contributed by atoms with E-state index in [1.807, 2.05) is 0 Å². The van der Waals surface area contributed by atoms with Gasteiger partial charge in [-0.3, -0.25) is 9.59 Å². The second-order valence-electron chi connectivity index (χ2n) is 5.92. The van der Waals surface area contributed by atoms with Crippen LogP contribution in [-0.4, -0.2) is 45.2 Å². The van der Waals surface area contributed by atoms with Gasteiger partial charge in [0.1, 0.15) is 12.2 Å². The number of aliphatic hydroxyl groups excluding tert-OH is 3. The van der Waals surface area contributed by atoms with Crippen LogP contribution in [0.15, 0.2) is 48.5 Å². The highest BCUT2D eigenvalue weighted by Crippen LogP contribution is 2.14. The van der Waals surface area contributed by atoms with Gasteiger partial charge in [-0.2, -0.15) is 0 Å². The van der Waals surface area contributed by atoms with Crippen molar-refractivity contribution >= 4 is 34.8 Å². The Morgan fingerprint density at radius 3 is 1.62 bits per heavy atom. The molecule has 26 heavy (non-hydrogen) atoms. The van der Waals surface area contributed by atoms with Crippen LogP contribution in [0.2, 0.25) is 10.0 Å². The molecule has 138 valence electrons. The Kier molecular flexibility index (Phi) is 7.32. The highest BCUT2D eigenvalue weighted by atomic mass is 35.5. The lowest BCUT2D eigenvalue weighted by Gasteiger charge is -2.18. The minimum absolute atomic E-state index is 0.0371. The summed E-state index contributed by atoms with van der Waals surface area (Å²) in [4.78, 5) is 24.1. The summed E-state index contributed by atoms with van der Waals surface area (Å²) >= 11 is 11.5. The van der Waals surface area contributed by atoms with Crippen molar-refractivity contribution in [1.29, 1.82) is 0 Å². The van der Waals surface area contributed by atoms with Crippen LogP contribution >= 0.6 is 23.2 Å². The van der Waals surface area contributed by atoms with Crippen molar-refractivity contribution in [3.63, 3.8) is 0 Å². The van der Waals surface area contributed by atoms with Gasteiger partial charge >= 0.3 is 0 Å². The molecule has 7 heteroatoms. The molecule has 5 nitrogen and oxygen atoms in total. The number of halogens is 2. The first kappa shape index (κ1) is 20.6. The number of benzene rings is 2. The lowest BCUT2D eigenvalue weighted by molar-refractivity contribution is -0.149. The largest absolute Gasteiger partial charge is 0.390 e. The first-order valence-corrected chi connectivity index (χ1v) is 8.64. The van der Waals surface area contributed by atoms with Gasteiger partial charge in [-0.15, -0.1) is 0 Å². The third-order valence-electron chi connectivity index (χ3n) is 3.88. The number of hydrogen-bond acceptors (Lipinski definition) is 5. The normalized spacial score (nSPS) is 14.5. The van der Waals surface area contributed by atoms with Crippen molar-refractivity contribution in [1.82, 2.24) is 0 Å². The fourth-order valence-electron chi connectivity index (χ4n) is 2.39. The quantitative estimate of drug-likeness (QED) is 0.593. The van der Waals surface area contributed by atoms with Gasteiger partial charge in [0.15, 0.2) is 0 Å². The molecule has 0 heterocycles. The van der Waals surface area contributed by atoms with Crippen molar-refractivity contribution in [2.75, 3.05) is 0 Å². The van der Waals surface area contributed by atoms with Gasteiger partial charge in [0.05, 0.1) is 6.10 Å². The average molecular weight is 397 g/mol. The molecule has 0 bridgehead atoms. The average Bonchev–Trinajstić information content (AvgIpc) is 2.63. The van der Waals surface area contributed by atoms with Crippen LogP contribution in [0.3, 0.4) is 0 Å². The maximum Gasteiger partial charge on any atom is 0.232 e. The number of carbonyl (C=O) groups excluding carboxylic acids is 2. The molecule has 0 saturated heterocycles. The Bertz CT molecular complexity index is 759. The first-order valence-electron chi connectivity index (χ1n) is 7.89. The van der Waals surface area contributed by atoms with E-state index in [-0.39, 0.29) is 12.8 Å². The summed E-state index contributed by atoms with van der Waals surface area (Å²) in [5.74, 6) is -2.38. The van der Waals surface area contributed by atoms with E-state index in [0.717, 1.165) is 0 Å². The molecule has 0 aliphatic carbocycles. The lowest BCUT2D eigenvalue weighted by atomic mass is 9.95. The molecule has 0 saturated carbocycles. The number of hydrogen-bond donors (Lipinski definition) is 3. The highest BCUT2D eigenvalue weighted by molar-refractivity contribution is 6.40. The Hall–Kier alpha value is -1.76. The SMILES string of the molecule is O=C(C(=O)[C@@H](O)C(O)Cc1ccc(Cl)cc1)C(O)Cc1ccc(Cl)cc1. The number of rotatable bonds is 8. The van der Waals surface area contributed by atoms with Crippen molar-refractivity contribution < 1.29 is 24.9 Å². The van der Waals surface area contributed by atoms with Gasteiger partial charge in [0.2, 0.25) is 11.6 Å². The molecule has 0 fully saturated rings. The summed E-state index contributed by atoms with van der Waals surface area (Å²) in [7, 11) is 0. The summed E-state index contributed by atoms with van der Waals surface area (Å²) < 4.78 is 0. The second-order valence-corrected chi connectivity index (χ2v) is 6.79. The summed E-state index contributed by atoms with van der Waals surface area (Å²) in [6.45, 7) is 0. The van der Waals surface area contributed by atoms with Crippen LogP contribution in [0, 0.1) is 0 Å². The van der Waals surface area contributed by atoms with E-state index in [1.165, 1.54) is 0 Å². The highest BCUT2D eigenvalue weighted by Gasteiger charge is 2.33. The van der Waals surface area contributed by atoms with Crippen molar-refractivity contribution in [2.45, 2.75) is 31.2 Å². The second kappa shape index (κ2) is 9.26. The molecule has 0 radical (unpaired) electrons. The summed E-state index contributed by atoms with van der Waals surface area (Å²) in [5, 5.41) is 30.9. The summed E-state index contributed by atoms with van der Waals surface area (Å²) in [6.07, 6.45) is -5.14. The third kappa shape index (κ3) is 5.62. The minimum atomic E-state index is -1.92. The van der Waals surface area contributed by atoms with E-state index in [2.05, 4.69) is 0 Å². The number of aliphatic hydroxyl groups is 3. The maximum atomic E-state index is 12.1. The Balaban J connectivity index is 1.95. The van der Waals surface area contributed by atoms with Gasteiger partial charge < -0.3 is 15.3 Å². The zero-order chi connectivity index (χ0) is 19.3. The van der Waals surface area contributed by atoms with E-state index < -0.39 is 29.9 Å². The smallest absolute Gasteiger partial charge is 0.232 e. The molecule has 2 aromatic carbocycles. The van der Waals surface area contributed by atoms with Crippen LogP contribution in [0.1, 0.15) is 11.1 Å². The molecule has 3 atom stereocenters. The van der Waals surface area contributed by atoms with Gasteiger partial charge in [-0.25, -0.2) is 0 Å². The van der Waals surface area contributed by atoms with E-state index in [0.29, 0.717) is 21.2 Å². The van der Waals surface area contributed by atoms with E-state index in [1.54, 1.807) is 48.5 Å². The van der Waals surface area contributed by atoms with Crippen LogP contribution in [-0.2, 0) is 22.4 Å². The van der Waals surface area contributed by atoms with Crippen molar-refractivity contribution in [3.8, 4) is 0 Å². The topological polar surface area (TPSA) is 94.8 Å². The van der Waals surface area contributed by atoms with Crippen LogP contribution < -0.4 is 0 Å². The molecule has 0 aliphatic heterocycles. The van der Waals surface area contributed by atoms with Gasteiger partial charge in [-0.05, 0) is 35.4 Å². The summed E-state index contributed by atoms with van der Waals surface area (Å²) in [6, 6.07) is 12.9. The third-order valence-corrected chi connectivity index (χ3v) is 4.38. The molecule has 3 N–H and O–H groups in total. The monoisotopic (exact) mass is 396 g/mol. The molecule has 2 unspecified atom stereocenters. The van der Waals surface area contributed by atoms with Crippen LogP contribution in [0.4, 0.5) is 0 Å². The standard InChI is InChI=1S/C19H18Cl2O5/c20-13-5-1-11(2-6-13)9-15(22)17(24)19(26)18(25)16(23)10-12-3-7-14(21)8-4-12/h1-8,15-17,22-24H,9-10H2/t15?,16?,17-/m0/s1. The molecule has 0 spiro atoms. The molecule has 0 aliphatic rings. The fourth-order valence-corrected chi connectivity index (χ4v) is 2.65. The Morgan fingerprint density at radius 1 is 0.731 bits per heavy atom. The number of carbonyl (C=O) groups is 2. The molecule has 0 amide bonds. The molecule has 2 aromatic rings. The van der Waals surface area contributed by atoms with Crippen molar-refractivity contribution in [3.05, 3.63) is 69.7 Å². The zero-order valence-corrected chi connectivity index (χ0v) is 15.2.